The van der Waals surface area contributed by atoms with Gasteiger partial charge >= 0.3 is 0 Å². The van der Waals surface area contributed by atoms with Gasteiger partial charge in [0.05, 0.1) is 23.6 Å². The number of aromatic amines is 1. The molecule has 2 aromatic carbocycles. The molecule has 0 aliphatic carbocycles. The van der Waals surface area contributed by atoms with Gasteiger partial charge < -0.3 is 10.1 Å². The monoisotopic (exact) mass is 334 g/mol. The Hall–Kier alpha value is -3.68. The number of H-pyrrole nitrogens is 1. The molecule has 0 atom stereocenters. The minimum absolute atomic E-state index is 0.117. The molecule has 2 N–H and O–H groups in total. The number of ether oxygens (including phenoxy) is 1. The van der Waals surface area contributed by atoms with E-state index in [1.54, 1.807) is 19.4 Å². The van der Waals surface area contributed by atoms with Crippen molar-refractivity contribution in [3.8, 4) is 5.75 Å². The lowest BCUT2D eigenvalue weighted by Crippen LogP contribution is -1.97. The van der Waals surface area contributed by atoms with Crippen molar-refractivity contribution in [1.82, 2.24) is 15.2 Å². The number of aromatic nitrogens is 3. The van der Waals surface area contributed by atoms with Crippen LogP contribution in [0, 0.1) is 16.2 Å². The third kappa shape index (κ3) is 2.59. The summed E-state index contributed by atoms with van der Waals surface area (Å²) in [6.45, 7) is 0. The zero-order chi connectivity index (χ0) is 17.4. The average Bonchev–Trinajstić information content (AvgIpc) is 3.12. The van der Waals surface area contributed by atoms with E-state index in [0.29, 0.717) is 17.0 Å². The van der Waals surface area contributed by atoms with Crippen molar-refractivity contribution in [3.63, 3.8) is 0 Å². The van der Waals surface area contributed by atoms with Gasteiger partial charge in [-0.05, 0) is 30.3 Å². The Bertz CT molecular complexity index is 1110. The van der Waals surface area contributed by atoms with E-state index in [1.165, 1.54) is 12.1 Å². The predicted molar refractivity (Wildman–Crippen MR) is 93.2 cm³/mol. The number of methoxy groups -OCH3 is 1. The van der Waals surface area contributed by atoms with Gasteiger partial charge in [-0.2, -0.15) is 5.10 Å². The second-order valence-corrected chi connectivity index (χ2v) is 5.34. The lowest BCUT2D eigenvalue weighted by Gasteiger charge is -2.09. The molecule has 0 bridgehead atoms. The molecule has 0 fully saturated rings. The number of nitro benzene ring substituents is 1. The second-order valence-electron chi connectivity index (χ2n) is 5.34. The van der Waals surface area contributed by atoms with Crippen LogP contribution in [-0.2, 0) is 0 Å². The fourth-order valence-electron chi connectivity index (χ4n) is 2.67. The molecule has 1 radical (unpaired) electrons. The maximum absolute atomic E-state index is 10.9. The number of nitro groups is 1. The van der Waals surface area contributed by atoms with Crippen molar-refractivity contribution < 1.29 is 9.66 Å². The van der Waals surface area contributed by atoms with E-state index in [2.05, 4.69) is 26.6 Å². The Labute approximate surface area is 141 Å². The number of nitrogens with zero attached hydrogens (tertiary/aromatic N) is 3. The number of benzene rings is 2. The van der Waals surface area contributed by atoms with Crippen LogP contribution in [0.3, 0.4) is 0 Å². The Morgan fingerprint density at radius 1 is 1.28 bits per heavy atom. The number of rotatable bonds is 4. The van der Waals surface area contributed by atoms with Crippen LogP contribution in [-0.4, -0.2) is 27.2 Å². The number of pyridine rings is 1. The summed E-state index contributed by atoms with van der Waals surface area (Å²) in [5.41, 5.74) is 1.81. The summed E-state index contributed by atoms with van der Waals surface area (Å²) in [6, 6.07) is 12.7. The first-order chi connectivity index (χ1) is 12.2. The Morgan fingerprint density at radius 3 is 2.96 bits per heavy atom. The molecular weight excluding hydrogens is 322 g/mol. The molecule has 0 unspecified atom stereocenters. The molecule has 0 spiro atoms. The highest BCUT2D eigenvalue weighted by atomic mass is 16.6. The van der Waals surface area contributed by atoms with E-state index in [9.17, 15) is 10.1 Å². The summed E-state index contributed by atoms with van der Waals surface area (Å²) in [5.74, 6) is 1.24. The van der Waals surface area contributed by atoms with Gasteiger partial charge in [0.25, 0.3) is 5.69 Å². The van der Waals surface area contributed by atoms with Gasteiger partial charge in [0.2, 0.25) is 0 Å². The van der Waals surface area contributed by atoms with Crippen LogP contribution in [0.5, 0.6) is 5.75 Å². The molecule has 0 aliphatic heterocycles. The largest absolute Gasteiger partial charge is 0.497 e. The van der Waals surface area contributed by atoms with Gasteiger partial charge in [-0.15, -0.1) is 0 Å². The van der Waals surface area contributed by atoms with E-state index in [-0.39, 0.29) is 5.69 Å². The molecular formula is C17H12N5O3. The predicted octanol–water partition coefficient (Wildman–Crippen LogP) is 3.57. The summed E-state index contributed by atoms with van der Waals surface area (Å²) in [5, 5.41) is 22.9. The molecule has 123 valence electrons. The molecule has 2 aromatic heterocycles. The number of nitrogens with one attached hydrogen (secondary N) is 2. The first-order valence-electron chi connectivity index (χ1n) is 7.40. The van der Waals surface area contributed by atoms with Crippen molar-refractivity contribution in [3.05, 3.63) is 58.8 Å². The zero-order valence-electron chi connectivity index (χ0n) is 13.1. The van der Waals surface area contributed by atoms with E-state index >= 15 is 0 Å². The number of anilines is 2. The van der Waals surface area contributed by atoms with Crippen LogP contribution >= 0.6 is 0 Å². The van der Waals surface area contributed by atoms with Crippen molar-refractivity contribution >= 4 is 39.0 Å². The van der Waals surface area contributed by atoms with Gasteiger partial charge in [-0.25, -0.2) is 4.98 Å². The number of hydrogen-bond donors (Lipinski definition) is 2. The summed E-state index contributed by atoms with van der Waals surface area (Å²) in [4.78, 5) is 15.0. The van der Waals surface area contributed by atoms with Gasteiger partial charge in [0.1, 0.15) is 11.3 Å². The molecule has 8 nitrogen and oxygen atoms in total. The Balaban J connectivity index is 1.85. The smallest absolute Gasteiger partial charge is 0.279 e. The third-order valence-corrected chi connectivity index (χ3v) is 3.84. The molecule has 0 amide bonds. The molecule has 8 heteroatoms. The SMILES string of the molecule is COc1ccc2nc(Nc3cc[c]c([N+](=O)[O-])c3)c3n[nH]cc3c2c1. The van der Waals surface area contributed by atoms with Crippen molar-refractivity contribution in [1.29, 1.82) is 0 Å². The van der Waals surface area contributed by atoms with E-state index < -0.39 is 4.92 Å². The van der Waals surface area contributed by atoms with Crippen LogP contribution in [0.4, 0.5) is 17.2 Å². The normalized spacial score (nSPS) is 10.9. The molecule has 4 aromatic rings. The van der Waals surface area contributed by atoms with Crippen molar-refractivity contribution in [2.45, 2.75) is 0 Å². The number of non-ortho nitro benzene ring substituents is 1. The topological polar surface area (TPSA) is 106 Å². The Kier molecular flexibility index (Phi) is 3.42. The van der Waals surface area contributed by atoms with Crippen LogP contribution in [0.2, 0.25) is 0 Å². The summed E-state index contributed by atoms with van der Waals surface area (Å²) in [7, 11) is 1.61. The number of fused-ring (bicyclic) bond motifs is 3. The molecule has 25 heavy (non-hydrogen) atoms. The molecule has 4 rings (SSSR count). The molecule has 0 saturated heterocycles. The van der Waals surface area contributed by atoms with E-state index in [1.807, 2.05) is 18.2 Å². The second kappa shape index (κ2) is 5.75. The third-order valence-electron chi connectivity index (χ3n) is 3.84. The minimum Gasteiger partial charge on any atom is -0.497 e. The Morgan fingerprint density at radius 2 is 2.16 bits per heavy atom. The highest BCUT2D eigenvalue weighted by Crippen LogP contribution is 2.32. The quantitative estimate of drug-likeness (QED) is 0.436. The number of hydrogen-bond acceptors (Lipinski definition) is 6. The van der Waals surface area contributed by atoms with Gasteiger partial charge in [-0.3, -0.25) is 15.2 Å². The lowest BCUT2D eigenvalue weighted by atomic mass is 10.1. The highest BCUT2D eigenvalue weighted by molar-refractivity contribution is 6.09. The van der Waals surface area contributed by atoms with E-state index in [4.69, 9.17) is 4.74 Å². The minimum atomic E-state index is -0.491. The average molecular weight is 334 g/mol. The summed E-state index contributed by atoms with van der Waals surface area (Å²) in [6.07, 6.45) is 1.78. The van der Waals surface area contributed by atoms with Gasteiger partial charge in [0, 0.05) is 28.7 Å². The first kappa shape index (κ1) is 14.9. The summed E-state index contributed by atoms with van der Waals surface area (Å²) < 4.78 is 5.27. The summed E-state index contributed by atoms with van der Waals surface area (Å²) >= 11 is 0. The van der Waals surface area contributed by atoms with Crippen LogP contribution < -0.4 is 10.1 Å². The molecule has 0 aliphatic rings. The van der Waals surface area contributed by atoms with Crippen LogP contribution in [0.25, 0.3) is 21.8 Å². The maximum Gasteiger partial charge on any atom is 0.279 e. The fourth-order valence-corrected chi connectivity index (χ4v) is 2.67. The van der Waals surface area contributed by atoms with Crippen molar-refractivity contribution in [2.24, 2.45) is 0 Å². The van der Waals surface area contributed by atoms with E-state index in [0.717, 1.165) is 22.0 Å². The first-order valence-corrected chi connectivity index (χ1v) is 7.40. The molecule has 0 saturated carbocycles. The molecule has 2 heterocycles. The van der Waals surface area contributed by atoms with Crippen LogP contribution in [0.1, 0.15) is 0 Å². The van der Waals surface area contributed by atoms with Crippen LogP contribution in [0.15, 0.2) is 42.6 Å². The standard InChI is InChI=1S/C17H12N5O3/c1-25-12-5-6-15-13(8-12)14-9-18-21-16(14)17(20-15)19-10-3-2-4-11(7-10)22(23)24/h2-3,5-9H,1H3,(H,18,21)(H,19,20). The van der Waals surface area contributed by atoms with Gasteiger partial charge in [-0.1, -0.05) is 0 Å². The van der Waals surface area contributed by atoms with Gasteiger partial charge in [0.15, 0.2) is 5.82 Å². The zero-order valence-corrected chi connectivity index (χ0v) is 13.1. The van der Waals surface area contributed by atoms with Crippen molar-refractivity contribution in [2.75, 3.05) is 12.4 Å². The fraction of sp³-hybridized carbons (Fsp3) is 0.0588. The lowest BCUT2D eigenvalue weighted by molar-refractivity contribution is -0.385. The highest BCUT2D eigenvalue weighted by Gasteiger charge is 2.13. The maximum atomic E-state index is 10.9.